The van der Waals surface area contributed by atoms with Gasteiger partial charge < -0.3 is 15.0 Å². The van der Waals surface area contributed by atoms with Gasteiger partial charge in [0.25, 0.3) is 5.91 Å². The lowest BCUT2D eigenvalue weighted by Crippen LogP contribution is -2.44. The summed E-state index contributed by atoms with van der Waals surface area (Å²) in [5.74, 6) is -0.0373. The number of piperazine rings is 1. The minimum atomic E-state index is -4.50. The number of anilines is 1. The summed E-state index contributed by atoms with van der Waals surface area (Å²) in [6, 6.07) is 10.8. The molecule has 2 aromatic rings. The summed E-state index contributed by atoms with van der Waals surface area (Å²) in [7, 11) is 2.00. The zero-order valence-electron chi connectivity index (χ0n) is 16.5. The second-order valence-corrected chi connectivity index (χ2v) is 8.16. The monoisotopic (exact) mass is 485 g/mol. The molecule has 0 bridgehead atoms. The Hall–Kier alpha value is -2.10. The summed E-state index contributed by atoms with van der Waals surface area (Å²) in [6.07, 6.45) is -4.50. The summed E-state index contributed by atoms with van der Waals surface area (Å²) in [5, 5.41) is 2.48. The summed E-state index contributed by atoms with van der Waals surface area (Å²) in [5.41, 5.74) is -0.432. The van der Waals surface area contributed by atoms with Gasteiger partial charge in [-0.2, -0.15) is 13.2 Å². The molecule has 0 atom stereocenters. The van der Waals surface area contributed by atoms with Crippen molar-refractivity contribution < 1.29 is 22.7 Å². The largest absolute Gasteiger partial charge is 0.484 e. The van der Waals surface area contributed by atoms with Crippen molar-refractivity contribution in [2.45, 2.75) is 12.7 Å². The van der Waals surface area contributed by atoms with E-state index >= 15 is 0 Å². The number of alkyl halides is 3. The highest BCUT2D eigenvalue weighted by atomic mass is 79.9. The van der Waals surface area contributed by atoms with Crippen molar-refractivity contribution in [2.24, 2.45) is 0 Å². The molecule has 2 aromatic carbocycles. The molecule has 1 aliphatic rings. The van der Waals surface area contributed by atoms with Crippen LogP contribution in [0.15, 0.2) is 46.9 Å². The second-order valence-electron chi connectivity index (χ2n) is 7.24. The van der Waals surface area contributed by atoms with Crippen LogP contribution in [0.4, 0.5) is 18.9 Å². The number of hydrogen-bond donors (Lipinski definition) is 1. The van der Waals surface area contributed by atoms with Gasteiger partial charge in [0, 0.05) is 42.9 Å². The van der Waals surface area contributed by atoms with Gasteiger partial charge in [-0.3, -0.25) is 9.69 Å². The predicted octanol–water partition coefficient (Wildman–Crippen LogP) is 4.23. The second kappa shape index (κ2) is 9.80. The minimum Gasteiger partial charge on any atom is -0.484 e. The fourth-order valence-electron chi connectivity index (χ4n) is 3.18. The highest BCUT2D eigenvalue weighted by Gasteiger charge is 2.34. The molecular weight excluding hydrogens is 463 g/mol. The first-order valence-electron chi connectivity index (χ1n) is 9.50. The van der Waals surface area contributed by atoms with Gasteiger partial charge in [0.15, 0.2) is 6.61 Å². The number of ether oxygens (including phenoxy) is 1. The maximum Gasteiger partial charge on any atom is 0.416 e. The first kappa shape index (κ1) is 22.6. The topological polar surface area (TPSA) is 44.8 Å². The lowest BCUT2D eigenvalue weighted by molar-refractivity contribution is -0.138. The molecule has 0 aromatic heterocycles. The van der Waals surface area contributed by atoms with Crippen LogP contribution in [-0.4, -0.2) is 55.5 Å². The number of likely N-dealkylation sites (N-methyl/N-ethyl adjacent to an activating group) is 1. The molecule has 0 radical (unpaired) electrons. The smallest absolute Gasteiger partial charge is 0.416 e. The fraction of sp³-hybridized carbons (Fsp3) is 0.381. The van der Waals surface area contributed by atoms with Crippen LogP contribution >= 0.6 is 15.9 Å². The van der Waals surface area contributed by atoms with Gasteiger partial charge in [-0.1, -0.05) is 22.0 Å². The third kappa shape index (κ3) is 6.45. The summed E-state index contributed by atoms with van der Waals surface area (Å²) in [4.78, 5) is 16.3. The summed E-state index contributed by atoms with van der Waals surface area (Å²) < 4.78 is 47.1. The van der Waals surface area contributed by atoms with E-state index in [1.165, 1.54) is 12.1 Å². The molecule has 1 N–H and O–H groups in total. The lowest BCUT2D eigenvalue weighted by Gasteiger charge is -2.33. The molecule has 1 aliphatic heterocycles. The van der Waals surface area contributed by atoms with E-state index in [0.717, 1.165) is 36.7 Å². The van der Waals surface area contributed by atoms with E-state index in [1.807, 2.05) is 11.9 Å². The van der Waals surface area contributed by atoms with Crippen LogP contribution in [-0.2, 0) is 17.5 Å². The minimum absolute atomic E-state index is 0.0915. The molecule has 9 heteroatoms. The van der Waals surface area contributed by atoms with Crippen molar-refractivity contribution in [3.63, 3.8) is 0 Å². The molecule has 1 heterocycles. The van der Waals surface area contributed by atoms with E-state index in [0.29, 0.717) is 5.75 Å². The van der Waals surface area contributed by atoms with Crippen LogP contribution in [0.25, 0.3) is 0 Å². The summed E-state index contributed by atoms with van der Waals surface area (Å²) >= 11 is 3.30. The van der Waals surface area contributed by atoms with Gasteiger partial charge in [0.1, 0.15) is 5.75 Å². The van der Waals surface area contributed by atoms with Crippen molar-refractivity contribution in [3.05, 3.63) is 58.1 Å². The zero-order chi connectivity index (χ0) is 21.7. The van der Waals surface area contributed by atoms with Gasteiger partial charge in [0.2, 0.25) is 0 Å². The Morgan fingerprint density at radius 3 is 2.40 bits per heavy atom. The number of carbonyl (C=O) groups is 1. The predicted molar refractivity (Wildman–Crippen MR) is 112 cm³/mol. The van der Waals surface area contributed by atoms with Crippen LogP contribution in [0.3, 0.4) is 0 Å². The lowest BCUT2D eigenvalue weighted by atomic mass is 10.0. The molecule has 3 rings (SSSR count). The quantitative estimate of drug-likeness (QED) is 0.664. The van der Waals surface area contributed by atoms with Crippen molar-refractivity contribution in [3.8, 4) is 5.75 Å². The Kier molecular flexibility index (Phi) is 7.38. The number of nitrogens with one attached hydrogen (secondary N) is 1. The first-order valence-corrected chi connectivity index (χ1v) is 10.3. The molecule has 162 valence electrons. The molecule has 1 fully saturated rings. The fourth-order valence-corrected chi connectivity index (χ4v) is 3.44. The Morgan fingerprint density at radius 2 is 1.77 bits per heavy atom. The number of benzene rings is 2. The molecule has 30 heavy (non-hydrogen) atoms. The van der Waals surface area contributed by atoms with Gasteiger partial charge >= 0.3 is 6.18 Å². The highest BCUT2D eigenvalue weighted by molar-refractivity contribution is 9.10. The van der Waals surface area contributed by atoms with Crippen LogP contribution < -0.4 is 10.1 Å². The van der Waals surface area contributed by atoms with E-state index in [2.05, 4.69) is 26.1 Å². The number of rotatable bonds is 6. The van der Waals surface area contributed by atoms with Crippen LogP contribution in [0.5, 0.6) is 5.75 Å². The van der Waals surface area contributed by atoms with Gasteiger partial charge in [-0.25, -0.2) is 0 Å². The average Bonchev–Trinajstić information content (AvgIpc) is 2.69. The van der Waals surface area contributed by atoms with Crippen molar-refractivity contribution >= 4 is 27.5 Å². The third-order valence-electron chi connectivity index (χ3n) is 4.87. The molecule has 5 nitrogen and oxygen atoms in total. The highest BCUT2D eigenvalue weighted by Crippen LogP contribution is 2.34. The number of amides is 1. The Bertz CT molecular complexity index is 867. The number of halogens is 4. The standard InChI is InChI=1S/C21H23BrF3N3O2/c1-27-8-10-28(11-9-27)13-15-2-5-17(12-19(15)21(23,24)25)26-20(29)14-30-18-6-3-16(22)4-7-18/h2-7,12H,8-11,13-14H2,1H3,(H,26,29). The Labute approximate surface area is 181 Å². The van der Waals surface area contributed by atoms with Crippen molar-refractivity contribution in [1.29, 1.82) is 0 Å². The van der Waals surface area contributed by atoms with Crippen LogP contribution in [0.2, 0.25) is 0 Å². The molecule has 0 spiro atoms. The van der Waals surface area contributed by atoms with E-state index in [4.69, 9.17) is 4.74 Å². The first-order chi connectivity index (χ1) is 14.2. The number of hydrogen-bond acceptors (Lipinski definition) is 4. The van der Waals surface area contributed by atoms with Crippen LogP contribution in [0, 0.1) is 0 Å². The number of carbonyl (C=O) groups excluding carboxylic acids is 1. The normalized spacial score (nSPS) is 15.8. The molecule has 0 saturated carbocycles. The Balaban J connectivity index is 1.65. The van der Waals surface area contributed by atoms with E-state index < -0.39 is 17.6 Å². The molecule has 1 saturated heterocycles. The van der Waals surface area contributed by atoms with E-state index in [-0.39, 0.29) is 24.4 Å². The van der Waals surface area contributed by atoms with Crippen molar-refractivity contribution in [1.82, 2.24) is 9.80 Å². The van der Waals surface area contributed by atoms with Crippen molar-refractivity contribution in [2.75, 3.05) is 45.2 Å². The maximum absolute atomic E-state index is 13.6. The molecule has 1 amide bonds. The molecule has 0 unspecified atom stereocenters. The Morgan fingerprint density at radius 1 is 1.10 bits per heavy atom. The third-order valence-corrected chi connectivity index (χ3v) is 5.40. The average molecular weight is 486 g/mol. The van der Waals surface area contributed by atoms with Gasteiger partial charge in [-0.05, 0) is 49.0 Å². The van der Waals surface area contributed by atoms with E-state index in [1.54, 1.807) is 24.3 Å². The summed E-state index contributed by atoms with van der Waals surface area (Å²) in [6.45, 7) is 3.02. The van der Waals surface area contributed by atoms with E-state index in [9.17, 15) is 18.0 Å². The van der Waals surface area contributed by atoms with Gasteiger partial charge in [-0.15, -0.1) is 0 Å². The number of nitrogens with zero attached hydrogens (tertiary/aromatic N) is 2. The SMILES string of the molecule is CN1CCN(Cc2ccc(NC(=O)COc3ccc(Br)cc3)cc2C(F)(F)F)CC1. The molecular formula is C21H23BrF3N3O2. The maximum atomic E-state index is 13.6. The van der Waals surface area contributed by atoms with Crippen LogP contribution in [0.1, 0.15) is 11.1 Å². The van der Waals surface area contributed by atoms with Gasteiger partial charge in [0.05, 0.1) is 5.56 Å². The molecule has 0 aliphatic carbocycles. The zero-order valence-corrected chi connectivity index (χ0v) is 18.1.